The van der Waals surface area contributed by atoms with Crippen LogP contribution in [0.3, 0.4) is 0 Å². The van der Waals surface area contributed by atoms with E-state index in [1.54, 1.807) is 32.3 Å². The summed E-state index contributed by atoms with van der Waals surface area (Å²) in [6.07, 6.45) is 3.11. The molecule has 0 amide bonds. The summed E-state index contributed by atoms with van der Waals surface area (Å²) in [6.45, 7) is 3.74. The summed E-state index contributed by atoms with van der Waals surface area (Å²) in [7, 11) is 1.63. The van der Waals surface area contributed by atoms with Crippen LogP contribution < -0.4 is 26.8 Å². The fraction of sp³-hybridized carbons (Fsp3) is 0.455. The molecule has 0 aliphatic carbocycles. The lowest BCUT2D eigenvalue weighted by Gasteiger charge is -2.43. The van der Waals surface area contributed by atoms with Crippen molar-refractivity contribution < 1.29 is 0 Å². The van der Waals surface area contributed by atoms with Gasteiger partial charge in [0.1, 0.15) is 17.6 Å². The Morgan fingerprint density at radius 3 is 2.88 bits per heavy atom. The molecule has 1 unspecified atom stereocenters. The van der Waals surface area contributed by atoms with E-state index in [1.165, 1.54) is 4.57 Å². The maximum Gasteiger partial charge on any atom is 0.329 e. The molecule has 2 atom stereocenters. The van der Waals surface area contributed by atoms with Crippen LogP contribution in [0.4, 0.5) is 11.5 Å². The van der Waals surface area contributed by atoms with Gasteiger partial charge < -0.3 is 15.5 Å². The Hall–Kier alpha value is -3.60. The maximum absolute atomic E-state index is 13.0. The lowest BCUT2D eigenvalue weighted by Crippen LogP contribution is -2.60. The number of piperidine rings is 1. The van der Waals surface area contributed by atoms with Gasteiger partial charge in [0.25, 0.3) is 5.56 Å². The molecule has 2 aromatic rings. The fourth-order valence-corrected chi connectivity index (χ4v) is 4.53. The van der Waals surface area contributed by atoms with Crippen LogP contribution >= 0.6 is 0 Å². The number of nitrogens with one attached hydrogen (secondary N) is 1. The topological polar surface area (TPSA) is 127 Å². The van der Waals surface area contributed by atoms with Crippen molar-refractivity contribution in [3.63, 3.8) is 0 Å². The molecule has 3 N–H and O–H groups in total. The highest BCUT2D eigenvalue weighted by atomic mass is 16.2. The summed E-state index contributed by atoms with van der Waals surface area (Å²) >= 11 is 0. The van der Waals surface area contributed by atoms with Gasteiger partial charge in [-0.3, -0.25) is 24.2 Å². The first-order valence-electron chi connectivity index (χ1n) is 10.6. The number of pyridine rings is 1. The quantitative estimate of drug-likeness (QED) is 0.639. The van der Waals surface area contributed by atoms with E-state index in [0.29, 0.717) is 35.9 Å². The molecule has 4 heterocycles. The molecule has 0 aromatic carbocycles. The van der Waals surface area contributed by atoms with Crippen LogP contribution in [0.1, 0.15) is 31.0 Å². The number of hydrogen-bond acceptors (Lipinski definition) is 8. The Labute approximate surface area is 185 Å². The van der Waals surface area contributed by atoms with Gasteiger partial charge in [0.15, 0.2) is 6.29 Å². The summed E-state index contributed by atoms with van der Waals surface area (Å²) in [6, 6.07) is 5.62. The maximum atomic E-state index is 13.0. The van der Waals surface area contributed by atoms with Crippen molar-refractivity contribution in [1.29, 1.82) is 5.26 Å². The van der Waals surface area contributed by atoms with E-state index in [4.69, 9.17) is 5.73 Å². The molecule has 32 heavy (non-hydrogen) atoms. The highest BCUT2D eigenvalue weighted by Gasteiger charge is 2.44. The predicted octanol–water partition coefficient (Wildman–Crippen LogP) is -0.103. The number of rotatable bonds is 4. The van der Waals surface area contributed by atoms with Crippen LogP contribution in [0, 0.1) is 23.2 Å². The third-order valence-corrected chi connectivity index (χ3v) is 5.96. The number of hydrogen-bond donors (Lipinski definition) is 2. The van der Waals surface area contributed by atoms with Crippen LogP contribution in [-0.4, -0.2) is 51.4 Å². The second-order valence-corrected chi connectivity index (χ2v) is 8.03. The highest BCUT2D eigenvalue weighted by molar-refractivity contribution is 5.74. The van der Waals surface area contributed by atoms with Crippen molar-refractivity contribution in [2.45, 2.75) is 38.6 Å². The molecule has 4 rings (SSSR count). The molecule has 0 bridgehead atoms. The monoisotopic (exact) mass is 434 g/mol. The van der Waals surface area contributed by atoms with E-state index in [9.17, 15) is 14.9 Å². The molecule has 10 nitrogen and oxygen atoms in total. The SMILES string of the molecule is CC#CCN1c2c(n(C)c(=O)[nH]c2=O)N(Cc2ncccc2C#N)C1N1CCC[C@@H](N)C1. The first kappa shape index (κ1) is 21.6. The number of nitriles is 1. The number of aromatic amines is 1. The first-order valence-corrected chi connectivity index (χ1v) is 10.6. The molecular weight excluding hydrogens is 408 g/mol. The second kappa shape index (κ2) is 8.87. The van der Waals surface area contributed by atoms with Gasteiger partial charge in [-0.15, -0.1) is 5.92 Å². The Morgan fingerprint density at radius 1 is 1.34 bits per heavy atom. The zero-order valence-electron chi connectivity index (χ0n) is 18.2. The average molecular weight is 435 g/mol. The molecule has 2 aliphatic rings. The lowest BCUT2D eigenvalue weighted by molar-refractivity contribution is 0.145. The number of anilines is 2. The molecule has 2 aliphatic heterocycles. The lowest BCUT2D eigenvalue weighted by atomic mass is 10.1. The minimum Gasteiger partial charge on any atom is -0.327 e. The van der Waals surface area contributed by atoms with Gasteiger partial charge in [-0.05, 0) is 31.9 Å². The van der Waals surface area contributed by atoms with Crippen LogP contribution in [0.15, 0.2) is 27.9 Å². The van der Waals surface area contributed by atoms with Gasteiger partial charge in [0.05, 0.1) is 24.3 Å². The van der Waals surface area contributed by atoms with Crippen LogP contribution in [-0.2, 0) is 13.6 Å². The minimum absolute atomic E-state index is 0.0139. The van der Waals surface area contributed by atoms with E-state index in [-0.39, 0.29) is 18.9 Å². The molecule has 2 aromatic heterocycles. The summed E-state index contributed by atoms with van der Waals surface area (Å²) in [5, 5.41) is 9.57. The Balaban J connectivity index is 1.90. The Morgan fingerprint density at radius 2 is 2.16 bits per heavy atom. The zero-order valence-corrected chi connectivity index (χ0v) is 18.2. The third-order valence-electron chi connectivity index (χ3n) is 5.96. The number of H-pyrrole nitrogens is 1. The Bertz CT molecular complexity index is 1230. The van der Waals surface area contributed by atoms with Crippen LogP contribution in [0.2, 0.25) is 0 Å². The smallest absolute Gasteiger partial charge is 0.327 e. The second-order valence-electron chi connectivity index (χ2n) is 8.03. The van der Waals surface area contributed by atoms with Gasteiger partial charge >= 0.3 is 5.69 Å². The highest BCUT2D eigenvalue weighted by Crippen LogP contribution is 2.38. The van der Waals surface area contributed by atoms with E-state index < -0.39 is 11.2 Å². The molecule has 166 valence electrons. The van der Waals surface area contributed by atoms with Crippen molar-refractivity contribution in [2.75, 3.05) is 29.4 Å². The molecular formula is C22H26N8O2. The standard InChI is InChI=1S/C22H26N8O2/c1-3-4-11-29-18-19(31)26-21(32)27(2)20(18)30(14-17-15(12-23)7-5-9-25-17)22(29)28-10-6-8-16(24)13-28/h5,7,9,16,22H,6,8,10-11,13-14,24H2,1-2H3,(H,26,31,32)/t16-,22?/m1/s1. The number of nitrogens with two attached hydrogens (primary N) is 1. The van der Waals surface area contributed by atoms with Crippen LogP contribution in [0.5, 0.6) is 0 Å². The van der Waals surface area contributed by atoms with Crippen molar-refractivity contribution >= 4 is 11.5 Å². The zero-order chi connectivity index (χ0) is 22.8. The average Bonchev–Trinajstić information content (AvgIpc) is 3.10. The van der Waals surface area contributed by atoms with Crippen molar-refractivity contribution in [2.24, 2.45) is 12.8 Å². The van der Waals surface area contributed by atoms with Gasteiger partial charge in [-0.2, -0.15) is 5.26 Å². The number of fused-ring (bicyclic) bond motifs is 1. The Kier molecular flexibility index (Phi) is 5.99. The van der Waals surface area contributed by atoms with Crippen LogP contribution in [0.25, 0.3) is 0 Å². The van der Waals surface area contributed by atoms with Gasteiger partial charge in [0.2, 0.25) is 0 Å². The number of nitrogens with zero attached hydrogens (tertiary/aromatic N) is 6. The van der Waals surface area contributed by atoms with Gasteiger partial charge in [-0.1, -0.05) is 5.92 Å². The number of aromatic nitrogens is 3. The minimum atomic E-state index is -0.502. The number of likely N-dealkylation sites (tertiary alicyclic amines) is 1. The normalized spacial score (nSPS) is 20.4. The van der Waals surface area contributed by atoms with E-state index in [2.05, 4.69) is 32.8 Å². The fourth-order valence-electron chi connectivity index (χ4n) is 4.53. The summed E-state index contributed by atoms with van der Waals surface area (Å²) < 4.78 is 1.43. The van der Waals surface area contributed by atoms with E-state index in [1.807, 2.05) is 9.80 Å². The van der Waals surface area contributed by atoms with Crippen molar-refractivity contribution in [1.82, 2.24) is 19.4 Å². The third kappa shape index (κ3) is 3.75. The molecule has 0 saturated carbocycles. The van der Waals surface area contributed by atoms with E-state index >= 15 is 0 Å². The largest absolute Gasteiger partial charge is 0.329 e. The first-order chi connectivity index (χ1) is 15.5. The summed E-state index contributed by atoms with van der Waals surface area (Å²) in [5.74, 6) is 6.44. The van der Waals surface area contributed by atoms with Crippen molar-refractivity contribution in [3.8, 4) is 17.9 Å². The molecule has 1 fully saturated rings. The van der Waals surface area contributed by atoms with Gasteiger partial charge in [0, 0.05) is 32.4 Å². The summed E-state index contributed by atoms with van der Waals surface area (Å²) in [4.78, 5) is 38.4. The predicted molar refractivity (Wildman–Crippen MR) is 121 cm³/mol. The molecule has 1 saturated heterocycles. The van der Waals surface area contributed by atoms with Crippen molar-refractivity contribution in [3.05, 3.63) is 50.4 Å². The molecule has 10 heteroatoms. The van der Waals surface area contributed by atoms with Gasteiger partial charge in [-0.25, -0.2) is 4.79 Å². The summed E-state index contributed by atoms with van der Waals surface area (Å²) in [5.41, 5.74) is 6.73. The van der Waals surface area contributed by atoms with E-state index in [0.717, 1.165) is 19.4 Å². The molecule has 0 spiro atoms. The molecule has 0 radical (unpaired) electrons.